The Kier molecular flexibility index (Phi) is 3.17. The van der Waals surface area contributed by atoms with Crippen LogP contribution in [0.2, 0.25) is 0 Å². The van der Waals surface area contributed by atoms with Crippen LogP contribution in [0, 0.1) is 0 Å². The molecule has 2 nitrogen and oxygen atoms in total. The fourth-order valence-electron chi connectivity index (χ4n) is 7.90. The number of hydrogen-bond donors (Lipinski definition) is 0. The van der Waals surface area contributed by atoms with Gasteiger partial charge in [-0.1, -0.05) is 91.0 Å². The Balaban J connectivity index is 1.41. The molecule has 0 atom stereocenters. The zero-order valence-electron chi connectivity index (χ0n) is 21.4. The van der Waals surface area contributed by atoms with Gasteiger partial charge in [0.05, 0.1) is 33.1 Å². The molecule has 0 radical (unpaired) electrons. The highest BCUT2D eigenvalue weighted by Gasteiger charge is 2.22. The van der Waals surface area contributed by atoms with Crippen LogP contribution in [-0.4, -0.2) is 8.80 Å². The molecule has 7 aromatic carbocycles. The fraction of sp³-hybridized carbons (Fsp3) is 0. The summed E-state index contributed by atoms with van der Waals surface area (Å²) in [7, 11) is 0. The van der Waals surface area contributed by atoms with Crippen molar-refractivity contribution in [3.63, 3.8) is 0 Å². The minimum Gasteiger partial charge on any atom is -0.308 e. The number of hydrogen-bond acceptors (Lipinski definition) is 0. The minimum absolute atomic E-state index is 1.28. The second-order valence-electron chi connectivity index (χ2n) is 11.4. The van der Waals surface area contributed by atoms with E-state index in [1.54, 1.807) is 0 Å². The number of nitrogens with zero attached hydrogens (tertiary/aromatic N) is 2. The van der Waals surface area contributed by atoms with Gasteiger partial charge >= 0.3 is 0 Å². The molecule has 0 aliphatic heterocycles. The third-order valence-electron chi connectivity index (χ3n) is 9.51. The highest BCUT2D eigenvalue weighted by Crippen LogP contribution is 2.45. The van der Waals surface area contributed by atoms with Crippen LogP contribution in [0.4, 0.5) is 0 Å². The van der Waals surface area contributed by atoms with Gasteiger partial charge in [0.2, 0.25) is 0 Å². The van der Waals surface area contributed by atoms with Crippen LogP contribution >= 0.6 is 0 Å². The second-order valence-corrected chi connectivity index (χ2v) is 11.4. The first-order chi connectivity index (χ1) is 19.8. The van der Waals surface area contributed by atoms with Crippen LogP contribution in [0.15, 0.2) is 121 Å². The Morgan fingerprint density at radius 3 is 1.57 bits per heavy atom. The van der Waals surface area contributed by atoms with Gasteiger partial charge < -0.3 is 8.80 Å². The molecule has 0 unspecified atom stereocenters. The molecule has 182 valence electrons. The van der Waals surface area contributed by atoms with Gasteiger partial charge in [0.1, 0.15) is 0 Å². The lowest BCUT2D eigenvalue weighted by molar-refractivity contribution is 1.35. The molecule has 0 amide bonds. The van der Waals surface area contributed by atoms with Gasteiger partial charge in [-0.25, -0.2) is 0 Å². The lowest BCUT2D eigenvalue weighted by Crippen LogP contribution is -1.84. The first kappa shape index (κ1) is 19.7. The van der Waals surface area contributed by atoms with Crippen molar-refractivity contribution in [2.45, 2.75) is 0 Å². The molecule has 0 N–H and O–H groups in total. The number of para-hydroxylation sites is 2. The van der Waals surface area contributed by atoms with Crippen molar-refractivity contribution < 1.29 is 0 Å². The zero-order chi connectivity index (χ0) is 25.7. The molecule has 4 aromatic heterocycles. The summed E-state index contributed by atoms with van der Waals surface area (Å²) in [5.41, 5.74) is 7.77. The summed E-state index contributed by atoms with van der Waals surface area (Å²) in [5, 5.41) is 15.8. The monoisotopic (exact) mass is 504 g/mol. The largest absolute Gasteiger partial charge is 0.308 e. The molecule has 2 heteroatoms. The van der Waals surface area contributed by atoms with Gasteiger partial charge in [-0.05, 0) is 51.9 Å². The molecule has 0 spiro atoms. The third kappa shape index (κ3) is 2.07. The topological polar surface area (TPSA) is 8.82 Å². The van der Waals surface area contributed by atoms with E-state index in [0.717, 1.165) is 0 Å². The van der Waals surface area contributed by atoms with Gasteiger partial charge in [-0.15, -0.1) is 0 Å². The summed E-state index contributed by atoms with van der Waals surface area (Å²) in [6.07, 6.45) is 0. The zero-order valence-corrected chi connectivity index (χ0v) is 21.4. The average molecular weight is 505 g/mol. The summed E-state index contributed by atoms with van der Waals surface area (Å²) >= 11 is 0. The molecule has 0 fully saturated rings. The third-order valence-corrected chi connectivity index (χ3v) is 9.51. The van der Waals surface area contributed by atoms with E-state index in [1.165, 1.54) is 97.7 Å². The molecular formula is C38H20N2. The average Bonchev–Trinajstić information content (AvgIpc) is 3.72. The summed E-state index contributed by atoms with van der Waals surface area (Å²) in [6.45, 7) is 0. The Labute approximate surface area is 227 Å². The lowest BCUT2D eigenvalue weighted by atomic mass is 10.0. The molecule has 0 saturated carbocycles. The Bertz CT molecular complexity index is 2830. The number of rotatable bonds is 0. The highest BCUT2D eigenvalue weighted by molar-refractivity contribution is 6.31. The van der Waals surface area contributed by atoms with Crippen molar-refractivity contribution in [2.24, 2.45) is 0 Å². The number of benzene rings is 7. The molecule has 11 aromatic rings. The quantitative estimate of drug-likeness (QED) is 0.194. The number of aromatic nitrogens is 2. The maximum atomic E-state index is 2.52. The van der Waals surface area contributed by atoms with E-state index >= 15 is 0 Å². The van der Waals surface area contributed by atoms with E-state index in [9.17, 15) is 0 Å². The van der Waals surface area contributed by atoms with Crippen LogP contribution in [0.25, 0.3) is 97.7 Å². The fourth-order valence-corrected chi connectivity index (χ4v) is 7.90. The van der Waals surface area contributed by atoms with E-state index in [0.29, 0.717) is 0 Å². The molecule has 40 heavy (non-hydrogen) atoms. The highest BCUT2D eigenvalue weighted by atomic mass is 14.9. The summed E-state index contributed by atoms with van der Waals surface area (Å²) < 4.78 is 5.03. The van der Waals surface area contributed by atoms with Crippen molar-refractivity contribution in [3.8, 4) is 0 Å². The first-order valence-corrected chi connectivity index (χ1v) is 14.0. The van der Waals surface area contributed by atoms with Crippen molar-refractivity contribution in [1.82, 2.24) is 8.80 Å². The van der Waals surface area contributed by atoms with E-state index < -0.39 is 0 Å². The summed E-state index contributed by atoms with van der Waals surface area (Å²) in [5.74, 6) is 0. The van der Waals surface area contributed by atoms with Crippen LogP contribution in [0.5, 0.6) is 0 Å². The van der Waals surface area contributed by atoms with Crippen LogP contribution in [-0.2, 0) is 0 Å². The van der Waals surface area contributed by atoms with Crippen molar-refractivity contribution in [3.05, 3.63) is 121 Å². The van der Waals surface area contributed by atoms with Gasteiger partial charge in [0, 0.05) is 43.1 Å². The second kappa shape index (κ2) is 6.44. The summed E-state index contributed by atoms with van der Waals surface area (Å²) in [6, 6.07) is 45.4. The molecule has 0 bridgehead atoms. The molecule has 4 heterocycles. The Morgan fingerprint density at radius 1 is 0.300 bits per heavy atom. The van der Waals surface area contributed by atoms with Crippen molar-refractivity contribution in [1.29, 1.82) is 0 Å². The smallest absolute Gasteiger partial charge is 0.0620 e. The predicted octanol–water partition coefficient (Wildman–Crippen LogP) is 10.3. The minimum atomic E-state index is 1.28. The van der Waals surface area contributed by atoms with E-state index in [4.69, 9.17) is 0 Å². The van der Waals surface area contributed by atoms with E-state index in [1.807, 2.05) is 0 Å². The molecular weight excluding hydrogens is 484 g/mol. The molecule has 0 aliphatic carbocycles. The van der Waals surface area contributed by atoms with Crippen molar-refractivity contribution >= 4 is 97.7 Å². The Hall–Kier alpha value is -5.34. The number of fused-ring (bicyclic) bond motifs is 15. The SMILES string of the molecule is c1ccc2cc3c(cc2c1)c1cccc2c4cc5c6cccc7c8c9ccccc9ccc8n(c5cc4n3c12)c67. The van der Waals surface area contributed by atoms with Crippen LogP contribution < -0.4 is 0 Å². The normalized spacial score (nSPS) is 13.0. The first-order valence-electron chi connectivity index (χ1n) is 14.0. The van der Waals surface area contributed by atoms with Gasteiger partial charge in [0.15, 0.2) is 0 Å². The van der Waals surface area contributed by atoms with Crippen LogP contribution in [0.1, 0.15) is 0 Å². The molecule has 11 rings (SSSR count). The predicted molar refractivity (Wildman–Crippen MR) is 171 cm³/mol. The van der Waals surface area contributed by atoms with Crippen LogP contribution in [0.3, 0.4) is 0 Å². The maximum Gasteiger partial charge on any atom is 0.0620 e. The standard InChI is InChI=1S/C38H20N2/c1-2-9-23-18-33-29(17-22(23)8-1)25-11-5-12-26-30-19-31-27-13-6-14-28-36-24-10-4-3-7-21(24)15-16-32(36)39(38(27)28)34(31)20-35(30)40(33)37(25)26/h1-20H. The molecule has 0 saturated heterocycles. The van der Waals surface area contributed by atoms with E-state index in [-0.39, 0.29) is 0 Å². The van der Waals surface area contributed by atoms with Crippen molar-refractivity contribution in [2.75, 3.05) is 0 Å². The summed E-state index contributed by atoms with van der Waals surface area (Å²) in [4.78, 5) is 0. The van der Waals surface area contributed by atoms with Gasteiger partial charge in [-0.2, -0.15) is 0 Å². The lowest BCUT2D eigenvalue weighted by Gasteiger charge is -2.04. The van der Waals surface area contributed by atoms with Gasteiger partial charge in [0.25, 0.3) is 0 Å². The maximum absolute atomic E-state index is 2.52. The molecule has 0 aliphatic rings. The van der Waals surface area contributed by atoms with Gasteiger partial charge in [-0.3, -0.25) is 0 Å². The Morgan fingerprint density at radius 2 is 0.825 bits per heavy atom. The van der Waals surface area contributed by atoms with E-state index in [2.05, 4.69) is 130 Å².